The predicted molar refractivity (Wildman–Crippen MR) is 41.6 cm³/mol. The summed E-state index contributed by atoms with van der Waals surface area (Å²) in [5.41, 5.74) is 6.54. The molecule has 0 aliphatic rings. The molecule has 0 aromatic heterocycles. The van der Waals surface area contributed by atoms with Gasteiger partial charge in [0, 0.05) is 6.54 Å². The van der Waals surface area contributed by atoms with E-state index in [2.05, 4.69) is 0 Å². The molecule has 2 N–H and O–H groups in total. The Kier molecular flexibility index (Phi) is 4.10. The quantitative estimate of drug-likeness (QED) is 0.635. The number of hydrogen-bond donors (Lipinski definition) is 1. The van der Waals surface area contributed by atoms with Gasteiger partial charge in [-0.05, 0) is 5.56 Å². The van der Waals surface area contributed by atoms with Crippen molar-refractivity contribution in [2.75, 3.05) is 0 Å². The fourth-order valence-electron chi connectivity index (χ4n) is 0.614. The van der Waals surface area contributed by atoms with Crippen LogP contribution < -0.4 is 5.73 Å². The van der Waals surface area contributed by atoms with E-state index in [1.54, 1.807) is 0 Å². The Balaban J connectivity index is 0.000000640. The van der Waals surface area contributed by atoms with Crippen molar-refractivity contribution in [3.05, 3.63) is 35.9 Å². The topological polar surface area (TPSA) is 26.0 Å². The standard InChI is InChI=1S/C7H9N.ClH/c8-6-7-4-2-1-3-5-7;/h1-5H,6,8H2;1H. The maximum Gasteiger partial charge on any atom is 0.0178 e. The van der Waals surface area contributed by atoms with Gasteiger partial charge in [0.2, 0.25) is 0 Å². The van der Waals surface area contributed by atoms with Crippen molar-refractivity contribution < 1.29 is 0 Å². The lowest BCUT2D eigenvalue weighted by Crippen LogP contribution is -1.94. The highest BCUT2D eigenvalue weighted by Crippen LogP contribution is 1.94. The third kappa shape index (κ3) is 2.49. The van der Waals surface area contributed by atoms with Crippen LogP contribution in [0, 0.1) is 0 Å². The third-order valence-electron chi connectivity index (χ3n) is 1.08. The number of benzene rings is 1. The molecule has 0 aliphatic carbocycles. The van der Waals surface area contributed by atoms with Crippen molar-refractivity contribution in [3.63, 3.8) is 0 Å². The first kappa shape index (κ1) is 8.47. The van der Waals surface area contributed by atoms with Crippen LogP contribution in [0.4, 0.5) is 0 Å². The van der Waals surface area contributed by atoms with E-state index in [9.17, 15) is 0 Å². The van der Waals surface area contributed by atoms with Crippen LogP contribution >= 0.6 is 12.4 Å². The van der Waals surface area contributed by atoms with Crippen molar-refractivity contribution in [3.8, 4) is 0 Å². The summed E-state index contributed by atoms with van der Waals surface area (Å²) in [6.45, 7) is 0.640. The van der Waals surface area contributed by atoms with Crippen LogP contribution in [0.25, 0.3) is 0 Å². The number of rotatable bonds is 1. The molecule has 0 bridgehead atoms. The van der Waals surface area contributed by atoms with Gasteiger partial charge in [-0.25, -0.2) is 0 Å². The fraction of sp³-hybridized carbons (Fsp3) is 0.143. The largest absolute Gasteiger partial charge is 0.326 e. The summed E-state index contributed by atoms with van der Waals surface area (Å²) < 4.78 is 0. The van der Waals surface area contributed by atoms with Crippen molar-refractivity contribution in [2.24, 2.45) is 5.73 Å². The summed E-state index contributed by atoms with van der Waals surface area (Å²) in [6.07, 6.45) is 0. The molecule has 0 amide bonds. The van der Waals surface area contributed by atoms with Crippen LogP contribution in [0.15, 0.2) is 30.3 Å². The lowest BCUT2D eigenvalue weighted by molar-refractivity contribution is 1.07. The molecule has 0 unspecified atom stereocenters. The van der Waals surface area contributed by atoms with E-state index in [1.807, 2.05) is 30.3 Å². The normalized spacial score (nSPS) is 8.11. The van der Waals surface area contributed by atoms with E-state index < -0.39 is 0 Å². The van der Waals surface area contributed by atoms with Gasteiger partial charge in [-0.3, -0.25) is 0 Å². The third-order valence-corrected chi connectivity index (χ3v) is 1.08. The average Bonchev–Trinajstić information content (AvgIpc) is 1.90. The Hall–Kier alpha value is -0.530. The smallest absolute Gasteiger partial charge is 0.0178 e. The van der Waals surface area contributed by atoms with Crippen LogP contribution in [-0.2, 0) is 6.54 Å². The maximum absolute atomic E-state index is 5.35. The molecule has 1 aromatic rings. The monoisotopic (exact) mass is 143 g/mol. The number of hydrogen-bond acceptors (Lipinski definition) is 1. The van der Waals surface area contributed by atoms with Crippen LogP contribution in [-0.4, -0.2) is 0 Å². The highest BCUT2D eigenvalue weighted by atomic mass is 35.5. The molecular weight excluding hydrogens is 134 g/mol. The zero-order valence-electron chi connectivity index (χ0n) is 5.08. The Bertz CT molecular complexity index is 150. The van der Waals surface area contributed by atoms with Gasteiger partial charge in [0.25, 0.3) is 0 Å². The summed E-state index contributed by atoms with van der Waals surface area (Å²) in [6, 6.07) is 9.99. The van der Waals surface area contributed by atoms with Crippen LogP contribution in [0.1, 0.15) is 5.56 Å². The van der Waals surface area contributed by atoms with E-state index in [0.29, 0.717) is 6.54 Å². The van der Waals surface area contributed by atoms with E-state index in [-0.39, 0.29) is 12.4 Å². The minimum absolute atomic E-state index is 0. The Morgan fingerprint density at radius 1 is 1.11 bits per heavy atom. The molecule has 0 fully saturated rings. The van der Waals surface area contributed by atoms with Gasteiger partial charge < -0.3 is 5.73 Å². The average molecular weight is 144 g/mol. The van der Waals surface area contributed by atoms with Gasteiger partial charge in [-0.1, -0.05) is 30.3 Å². The van der Waals surface area contributed by atoms with Gasteiger partial charge in [0.05, 0.1) is 0 Å². The molecule has 1 aromatic carbocycles. The molecule has 0 aliphatic heterocycles. The summed E-state index contributed by atoms with van der Waals surface area (Å²) in [5, 5.41) is 0. The molecule has 0 radical (unpaired) electrons. The molecule has 1 nitrogen and oxygen atoms in total. The zero-order chi connectivity index (χ0) is 5.82. The van der Waals surface area contributed by atoms with Gasteiger partial charge >= 0.3 is 0 Å². The van der Waals surface area contributed by atoms with Gasteiger partial charge in [0.1, 0.15) is 0 Å². The van der Waals surface area contributed by atoms with Gasteiger partial charge in [-0.15, -0.1) is 12.4 Å². The molecule has 0 heterocycles. The Labute approximate surface area is 61.3 Å². The first-order valence-electron chi connectivity index (χ1n) is 2.67. The Morgan fingerprint density at radius 3 is 2.00 bits per heavy atom. The molecule has 0 spiro atoms. The van der Waals surface area contributed by atoms with Crippen LogP contribution in [0.3, 0.4) is 0 Å². The maximum atomic E-state index is 5.35. The molecule has 0 saturated carbocycles. The molecule has 2 heteroatoms. The van der Waals surface area contributed by atoms with E-state index >= 15 is 0 Å². The van der Waals surface area contributed by atoms with E-state index in [0.717, 1.165) is 0 Å². The minimum Gasteiger partial charge on any atom is -0.326 e. The van der Waals surface area contributed by atoms with E-state index in [1.165, 1.54) is 5.56 Å². The second kappa shape index (κ2) is 4.36. The first-order valence-corrected chi connectivity index (χ1v) is 2.67. The summed E-state index contributed by atoms with van der Waals surface area (Å²) in [4.78, 5) is 0. The summed E-state index contributed by atoms with van der Waals surface area (Å²) in [7, 11) is 0. The van der Waals surface area contributed by atoms with Crippen molar-refractivity contribution >= 4 is 12.4 Å². The van der Waals surface area contributed by atoms with Crippen molar-refractivity contribution in [2.45, 2.75) is 6.54 Å². The number of nitrogens with two attached hydrogens (primary N) is 1. The second-order valence-electron chi connectivity index (χ2n) is 1.69. The highest BCUT2D eigenvalue weighted by Gasteiger charge is 1.80. The Morgan fingerprint density at radius 2 is 1.67 bits per heavy atom. The van der Waals surface area contributed by atoms with Gasteiger partial charge in [-0.2, -0.15) is 0 Å². The molecule has 50 valence electrons. The van der Waals surface area contributed by atoms with Crippen LogP contribution in [0.2, 0.25) is 0 Å². The second-order valence-corrected chi connectivity index (χ2v) is 1.69. The molecular formula is C7H10ClN. The van der Waals surface area contributed by atoms with Gasteiger partial charge in [0.15, 0.2) is 0 Å². The lowest BCUT2D eigenvalue weighted by atomic mass is 10.2. The lowest BCUT2D eigenvalue weighted by Gasteiger charge is -1.90. The van der Waals surface area contributed by atoms with Crippen molar-refractivity contribution in [1.82, 2.24) is 0 Å². The summed E-state index contributed by atoms with van der Waals surface area (Å²) >= 11 is 0. The summed E-state index contributed by atoms with van der Waals surface area (Å²) in [5.74, 6) is 0. The van der Waals surface area contributed by atoms with Crippen molar-refractivity contribution in [1.29, 1.82) is 0 Å². The van der Waals surface area contributed by atoms with Crippen LogP contribution in [0.5, 0.6) is 0 Å². The molecule has 0 atom stereocenters. The van der Waals surface area contributed by atoms with E-state index in [4.69, 9.17) is 5.73 Å². The SMILES string of the molecule is Cl.NCc1ccccc1. The first-order chi connectivity index (χ1) is 3.93. The molecule has 1 rings (SSSR count). The number of halogens is 1. The fourth-order valence-corrected chi connectivity index (χ4v) is 0.614. The molecule has 0 saturated heterocycles. The molecule has 9 heavy (non-hydrogen) atoms. The highest BCUT2D eigenvalue weighted by molar-refractivity contribution is 5.85. The minimum atomic E-state index is 0. The predicted octanol–water partition coefficient (Wildman–Crippen LogP) is 1.57. The zero-order valence-corrected chi connectivity index (χ0v) is 5.90.